The maximum Gasteiger partial charge on any atom is 0.187 e. The number of benzene rings is 1. The van der Waals surface area contributed by atoms with E-state index in [-0.39, 0.29) is 10.8 Å². The predicted octanol–water partition coefficient (Wildman–Crippen LogP) is 8.84. The highest BCUT2D eigenvalue weighted by Crippen LogP contribution is 2.42. The van der Waals surface area contributed by atoms with E-state index < -0.39 is 5.82 Å². The minimum absolute atomic E-state index is 0.0277. The van der Waals surface area contributed by atoms with Gasteiger partial charge in [0.1, 0.15) is 10.8 Å². The summed E-state index contributed by atoms with van der Waals surface area (Å²) in [6.07, 6.45) is 17.3. The van der Waals surface area contributed by atoms with Crippen molar-refractivity contribution < 1.29 is 13.9 Å². The first-order chi connectivity index (χ1) is 15.1. The number of unbranched alkanes of at least 4 members (excludes halogenated alkanes) is 2. The first-order valence-corrected chi connectivity index (χ1v) is 13.2. The molecule has 4 heteroatoms. The Morgan fingerprint density at radius 2 is 1.42 bits per heavy atom. The van der Waals surface area contributed by atoms with E-state index >= 15 is 0 Å². The Kier molecular flexibility index (Phi) is 10.3. The Bertz CT molecular complexity index is 649. The summed E-state index contributed by atoms with van der Waals surface area (Å²) < 4.78 is 25.9. The smallest absolute Gasteiger partial charge is 0.187 e. The Balaban J connectivity index is 1.38. The molecule has 31 heavy (non-hydrogen) atoms. The van der Waals surface area contributed by atoms with Gasteiger partial charge in [-0.3, -0.25) is 0 Å². The van der Waals surface area contributed by atoms with Gasteiger partial charge in [0, 0.05) is 0 Å². The minimum Gasteiger partial charge on any atom is -0.492 e. The van der Waals surface area contributed by atoms with Crippen molar-refractivity contribution in [1.82, 2.24) is 0 Å². The van der Waals surface area contributed by atoms with Crippen LogP contribution in [-0.4, -0.2) is 13.2 Å². The zero-order chi connectivity index (χ0) is 22.1. The second-order valence-electron chi connectivity index (χ2n) is 9.91. The van der Waals surface area contributed by atoms with Crippen LogP contribution in [0, 0.1) is 29.5 Å². The molecule has 0 aromatic heterocycles. The van der Waals surface area contributed by atoms with Crippen LogP contribution in [0.2, 0.25) is 5.02 Å². The SMILES string of the molecule is CCCCCC1CCC(C2CCC(COc3ccc(OCCC)c(Cl)c3F)CC2)CC1. The van der Waals surface area contributed by atoms with Gasteiger partial charge >= 0.3 is 0 Å². The van der Waals surface area contributed by atoms with Crippen LogP contribution in [0.5, 0.6) is 11.5 Å². The fourth-order valence-electron chi connectivity index (χ4n) is 5.61. The lowest BCUT2D eigenvalue weighted by Gasteiger charge is -2.38. The molecule has 0 aliphatic heterocycles. The summed E-state index contributed by atoms with van der Waals surface area (Å²) >= 11 is 6.13. The zero-order valence-electron chi connectivity index (χ0n) is 19.6. The Morgan fingerprint density at radius 3 is 2.03 bits per heavy atom. The molecule has 0 amide bonds. The van der Waals surface area contributed by atoms with Crippen molar-refractivity contribution in [3.05, 3.63) is 23.0 Å². The second kappa shape index (κ2) is 12.9. The molecule has 0 atom stereocenters. The summed E-state index contributed by atoms with van der Waals surface area (Å²) in [5.41, 5.74) is 0. The van der Waals surface area contributed by atoms with E-state index in [9.17, 15) is 4.39 Å². The maximum absolute atomic E-state index is 14.5. The van der Waals surface area contributed by atoms with Crippen LogP contribution in [0.25, 0.3) is 0 Å². The number of hydrogen-bond donors (Lipinski definition) is 0. The molecule has 0 heterocycles. The van der Waals surface area contributed by atoms with Crippen molar-refractivity contribution in [3.63, 3.8) is 0 Å². The summed E-state index contributed by atoms with van der Waals surface area (Å²) in [4.78, 5) is 0. The van der Waals surface area contributed by atoms with Gasteiger partial charge < -0.3 is 9.47 Å². The molecule has 2 saturated carbocycles. The standard InChI is InChI=1S/C27H42ClFO2/c1-3-5-6-7-20-8-12-22(13-9-20)23-14-10-21(11-15-23)19-31-25-17-16-24(30-18-4-2)26(28)27(25)29/h16-17,20-23H,3-15,18-19H2,1-2H3. The highest BCUT2D eigenvalue weighted by molar-refractivity contribution is 6.32. The molecule has 2 fully saturated rings. The second-order valence-corrected chi connectivity index (χ2v) is 10.3. The summed E-state index contributed by atoms with van der Waals surface area (Å²) in [5, 5.41) is 0.0277. The minimum atomic E-state index is -0.500. The summed E-state index contributed by atoms with van der Waals surface area (Å²) in [6.45, 7) is 5.42. The lowest BCUT2D eigenvalue weighted by Crippen LogP contribution is -2.27. The lowest BCUT2D eigenvalue weighted by molar-refractivity contribution is 0.120. The van der Waals surface area contributed by atoms with Gasteiger partial charge in [-0.25, -0.2) is 4.39 Å². The number of hydrogen-bond acceptors (Lipinski definition) is 2. The van der Waals surface area contributed by atoms with Crippen LogP contribution >= 0.6 is 11.6 Å². The van der Waals surface area contributed by atoms with Gasteiger partial charge in [0.25, 0.3) is 0 Å². The highest BCUT2D eigenvalue weighted by Gasteiger charge is 2.31. The summed E-state index contributed by atoms with van der Waals surface area (Å²) in [6, 6.07) is 3.36. The third-order valence-electron chi connectivity index (χ3n) is 7.61. The van der Waals surface area contributed by atoms with Crippen molar-refractivity contribution in [1.29, 1.82) is 0 Å². The van der Waals surface area contributed by atoms with E-state index in [2.05, 4.69) is 6.92 Å². The first-order valence-electron chi connectivity index (χ1n) is 12.9. The van der Waals surface area contributed by atoms with Gasteiger partial charge in [0.15, 0.2) is 11.6 Å². The topological polar surface area (TPSA) is 18.5 Å². The van der Waals surface area contributed by atoms with Crippen molar-refractivity contribution >= 4 is 11.6 Å². The molecule has 0 radical (unpaired) electrons. The van der Waals surface area contributed by atoms with Crippen molar-refractivity contribution in [2.75, 3.05) is 13.2 Å². The van der Waals surface area contributed by atoms with E-state index in [1.165, 1.54) is 77.0 Å². The quantitative estimate of drug-likeness (QED) is 0.312. The highest BCUT2D eigenvalue weighted by atomic mass is 35.5. The fourth-order valence-corrected chi connectivity index (χ4v) is 5.82. The third-order valence-corrected chi connectivity index (χ3v) is 7.97. The molecule has 2 aliphatic rings. The number of ether oxygens (including phenoxy) is 2. The van der Waals surface area contributed by atoms with Crippen LogP contribution in [0.1, 0.15) is 97.3 Å². The van der Waals surface area contributed by atoms with Gasteiger partial charge in [-0.15, -0.1) is 0 Å². The summed E-state index contributed by atoms with van der Waals surface area (Å²) in [5.74, 6) is 3.50. The van der Waals surface area contributed by atoms with Gasteiger partial charge in [-0.05, 0) is 80.8 Å². The normalized spacial score (nSPS) is 26.6. The molecular formula is C27H42ClFO2. The lowest BCUT2D eigenvalue weighted by atomic mass is 9.69. The van der Waals surface area contributed by atoms with E-state index in [1.54, 1.807) is 12.1 Å². The molecule has 176 valence electrons. The average molecular weight is 453 g/mol. The van der Waals surface area contributed by atoms with Crippen molar-refractivity contribution in [2.24, 2.45) is 23.7 Å². The van der Waals surface area contributed by atoms with Crippen molar-refractivity contribution in [2.45, 2.75) is 97.3 Å². The molecule has 1 aromatic carbocycles. The molecule has 0 bridgehead atoms. The molecule has 0 spiro atoms. The fraction of sp³-hybridized carbons (Fsp3) is 0.778. The largest absolute Gasteiger partial charge is 0.492 e. The Labute approximate surface area is 194 Å². The molecule has 0 N–H and O–H groups in total. The molecule has 0 unspecified atom stereocenters. The van der Waals surface area contributed by atoms with Crippen LogP contribution in [-0.2, 0) is 0 Å². The molecule has 1 aromatic rings. The molecule has 3 rings (SSSR count). The zero-order valence-corrected chi connectivity index (χ0v) is 20.4. The monoisotopic (exact) mass is 452 g/mol. The molecule has 2 nitrogen and oxygen atoms in total. The van der Waals surface area contributed by atoms with Gasteiger partial charge in [-0.1, -0.05) is 64.0 Å². The van der Waals surface area contributed by atoms with Gasteiger partial charge in [0.2, 0.25) is 0 Å². The Hall–Kier alpha value is -0.960. The average Bonchev–Trinajstić information content (AvgIpc) is 2.80. The van der Waals surface area contributed by atoms with Crippen molar-refractivity contribution in [3.8, 4) is 11.5 Å². The number of rotatable bonds is 11. The van der Waals surface area contributed by atoms with Gasteiger partial charge in [-0.2, -0.15) is 0 Å². The van der Waals surface area contributed by atoms with Crippen LogP contribution < -0.4 is 9.47 Å². The van der Waals surface area contributed by atoms with Crippen LogP contribution in [0.15, 0.2) is 12.1 Å². The van der Waals surface area contributed by atoms with Crippen LogP contribution in [0.4, 0.5) is 4.39 Å². The molecular weight excluding hydrogens is 411 g/mol. The summed E-state index contributed by atoms with van der Waals surface area (Å²) in [7, 11) is 0. The Morgan fingerprint density at radius 1 is 0.806 bits per heavy atom. The van der Waals surface area contributed by atoms with E-state index in [1.807, 2.05) is 6.92 Å². The van der Waals surface area contributed by atoms with Gasteiger partial charge in [0.05, 0.1) is 13.2 Å². The number of halogens is 2. The van der Waals surface area contributed by atoms with E-state index in [0.717, 1.165) is 24.2 Å². The molecule has 2 aliphatic carbocycles. The predicted molar refractivity (Wildman–Crippen MR) is 128 cm³/mol. The first kappa shape index (κ1) is 24.7. The third kappa shape index (κ3) is 7.27. The van der Waals surface area contributed by atoms with Crippen LogP contribution in [0.3, 0.4) is 0 Å². The van der Waals surface area contributed by atoms with E-state index in [4.69, 9.17) is 21.1 Å². The maximum atomic E-state index is 14.5. The van der Waals surface area contributed by atoms with E-state index in [0.29, 0.717) is 24.9 Å². The molecule has 0 saturated heterocycles.